The molecule has 2 aromatic rings. The molecule has 2 aromatic carbocycles. The second kappa shape index (κ2) is 4.77. The molecule has 0 saturated heterocycles. The fourth-order valence-electron chi connectivity index (χ4n) is 2.85. The van der Waals surface area contributed by atoms with Gasteiger partial charge in [-0.15, -0.1) is 0 Å². The summed E-state index contributed by atoms with van der Waals surface area (Å²) in [6.07, 6.45) is 5.35. The predicted molar refractivity (Wildman–Crippen MR) is 75.4 cm³/mol. The van der Waals surface area contributed by atoms with Crippen molar-refractivity contribution in [1.82, 2.24) is 0 Å². The number of hydrogen-bond acceptors (Lipinski definition) is 1. The highest BCUT2D eigenvalue weighted by Gasteiger charge is 2.15. The molecule has 0 bridgehead atoms. The largest absolute Gasteiger partial charge is 0.298 e. The zero-order valence-corrected chi connectivity index (χ0v) is 10.4. The van der Waals surface area contributed by atoms with E-state index in [1.807, 2.05) is 0 Å². The summed E-state index contributed by atoms with van der Waals surface area (Å²) in [6, 6.07) is 14.8. The Bertz CT molecular complexity index is 617. The molecule has 0 aliphatic heterocycles. The van der Waals surface area contributed by atoms with Gasteiger partial charge in [-0.25, -0.2) is 0 Å². The monoisotopic (exact) mass is 236 g/mol. The SMILES string of the molecule is O=CC1=C(c2cccc3ccccc23)CCCC1. The first kappa shape index (κ1) is 11.2. The summed E-state index contributed by atoms with van der Waals surface area (Å²) >= 11 is 0. The molecule has 0 aromatic heterocycles. The summed E-state index contributed by atoms with van der Waals surface area (Å²) in [4.78, 5) is 11.2. The van der Waals surface area contributed by atoms with Crippen LogP contribution in [0.25, 0.3) is 16.3 Å². The van der Waals surface area contributed by atoms with Gasteiger partial charge in [-0.1, -0.05) is 42.5 Å². The van der Waals surface area contributed by atoms with Gasteiger partial charge in [0.2, 0.25) is 0 Å². The van der Waals surface area contributed by atoms with Crippen LogP contribution in [-0.4, -0.2) is 6.29 Å². The summed E-state index contributed by atoms with van der Waals surface area (Å²) in [5.41, 5.74) is 3.50. The van der Waals surface area contributed by atoms with E-state index >= 15 is 0 Å². The van der Waals surface area contributed by atoms with Crippen molar-refractivity contribution in [2.24, 2.45) is 0 Å². The van der Waals surface area contributed by atoms with Gasteiger partial charge in [-0.05, 0) is 53.2 Å². The van der Waals surface area contributed by atoms with Crippen molar-refractivity contribution in [3.63, 3.8) is 0 Å². The second-order valence-electron chi connectivity index (χ2n) is 4.86. The van der Waals surface area contributed by atoms with Crippen molar-refractivity contribution >= 4 is 22.6 Å². The Labute approximate surface area is 107 Å². The third-order valence-corrected chi connectivity index (χ3v) is 3.77. The Morgan fingerprint density at radius 2 is 1.67 bits per heavy atom. The summed E-state index contributed by atoms with van der Waals surface area (Å²) in [5, 5.41) is 2.51. The van der Waals surface area contributed by atoms with Crippen LogP contribution >= 0.6 is 0 Å². The van der Waals surface area contributed by atoms with Crippen LogP contribution in [0, 0.1) is 0 Å². The lowest BCUT2D eigenvalue weighted by Gasteiger charge is -2.18. The van der Waals surface area contributed by atoms with Crippen LogP contribution in [0.3, 0.4) is 0 Å². The number of aldehydes is 1. The minimum absolute atomic E-state index is 0.933. The van der Waals surface area contributed by atoms with Crippen molar-refractivity contribution in [3.05, 3.63) is 53.6 Å². The van der Waals surface area contributed by atoms with Crippen molar-refractivity contribution < 1.29 is 4.79 Å². The summed E-state index contributed by atoms with van der Waals surface area (Å²) in [7, 11) is 0. The lowest BCUT2D eigenvalue weighted by molar-refractivity contribution is -0.105. The average molecular weight is 236 g/mol. The molecule has 1 heteroatoms. The van der Waals surface area contributed by atoms with Crippen molar-refractivity contribution in [2.45, 2.75) is 25.7 Å². The Balaban J connectivity index is 2.25. The number of hydrogen-bond donors (Lipinski definition) is 0. The number of carbonyl (C=O) groups excluding carboxylic acids is 1. The first-order valence-corrected chi connectivity index (χ1v) is 6.55. The molecule has 0 amide bonds. The maximum Gasteiger partial charge on any atom is 0.146 e. The second-order valence-corrected chi connectivity index (χ2v) is 4.86. The number of allylic oxidation sites excluding steroid dienone is 2. The molecule has 1 aliphatic carbocycles. The van der Waals surface area contributed by atoms with Crippen LogP contribution in [0.2, 0.25) is 0 Å². The standard InChI is InChI=1S/C17H16O/c18-12-14-7-2-4-10-16(14)17-11-5-8-13-6-1-3-9-15(13)17/h1,3,5-6,8-9,11-12H,2,4,7,10H2. The van der Waals surface area contributed by atoms with Gasteiger partial charge in [-0.2, -0.15) is 0 Å². The summed E-state index contributed by atoms with van der Waals surface area (Å²) < 4.78 is 0. The van der Waals surface area contributed by atoms with E-state index in [-0.39, 0.29) is 0 Å². The highest BCUT2D eigenvalue weighted by molar-refractivity contribution is 5.98. The Morgan fingerprint density at radius 1 is 0.889 bits per heavy atom. The number of carbonyl (C=O) groups is 1. The average Bonchev–Trinajstić information content (AvgIpc) is 2.46. The van der Waals surface area contributed by atoms with E-state index in [9.17, 15) is 4.79 Å². The molecule has 0 unspecified atom stereocenters. The lowest BCUT2D eigenvalue weighted by atomic mass is 9.86. The highest BCUT2D eigenvalue weighted by atomic mass is 16.1. The van der Waals surface area contributed by atoms with Crippen LogP contribution in [0.5, 0.6) is 0 Å². The van der Waals surface area contributed by atoms with Crippen LogP contribution < -0.4 is 0 Å². The van der Waals surface area contributed by atoms with Gasteiger partial charge in [0.05, 0.1) is 0 Å². The molecule has 1 aliphatic rings. The maximum absolute atomic E-state index is 11.2. The van der Waals surface area contributed by atoms with E-state index in [1.54, 1.807) is 0 Å². The Kier molecular flexibility index (Phi) is 2.97. The van der Waals surface area contributed by atoms with Crippen molar-refractivity contribution in [1.29, 1.82) is 0 Å². The van der Waals surface area contributed by atoms with Crippen LogP contribution in [-0.2, 0) is 4.79 Å². The minimum Gasteiger partial charge on any atom is -0.298 e. The molecular weight excluding hydrogens is 220 g/mol. The lowest BCUT2D eigenvalue weighted by Crippen LogP contribution is -2.01. The van der Waals surface area contributed by atoms with Crippen LogP contribution in [0.1, 0.15) is 31.2 Å². The van der Waals surface area contributed by atoms with E-state index in [1.165, 1.54) is 28.3 Å². The highest BCUT2D eigenvalue weighted by Crippen LogP contribution is 2.34. The van der Waals surface area contributed by atoms with Gasteiger partial charge in [0.25, 0.3) is 0 Å². The van der Waals surface area contributed by atoms with E-state index in [2.05, 4.69) is 42.5 Å². The first-order valence-electron chi connectivity index (χ1n) is 6.55. The number of benzene rings is 2. The zero-order chi connectivity index (χ0) is 12.4. The van der Waals surface area contributed by atoms with Crippen molar-refractivity contribution in [2.75, 3.05) is 0 Å². The fourth-order valence-corrected chi connectivity index (χ4v) is 2.85. The topological polar surface area (TPSA) is 17.1 Å². The Morgan fingerprint density at radius 3 is 2.56 bits per heavy atom. The quantitative estimate of drug-likeness (QED) is 0.708. The molecule has 0 radical (unpaired) electrons. The van der Waals surface area contributed by atoms with Gasteiger partial charge < -0.3 is 0 Å². The van der Waals surface area contributed by atoms with Crippen LogP contribution in [0.15, 0.2) is 48.0 Å². The zero-order valence-electron chi connectivity index (χ0n) is 10.4. The summed E-state index contributed by atoms with van der Waals surface area (Å²) in [5.74, 6) is 0. The van der Waals surface area contributed by atoms with E-state index < -0.39 is 0 Å². The van der Waals surface area contributed by atoms with Crippen molar-refractivity contribution in [3.8, 4) is 0 Å². The van der Waals surface area contributed by atoms with E-state index in [0.717, 1.165) is 31.1 Å². The van der Waals surface area contributed by atoms with E-state index in [0.29, 0.717) is 0 Å². The third kappa shape index (κ3) is 1.86. The fraction of sp³-hybridized carbons (Fsp3) is 0.235. The first-order chi connectivity index (χ1) is 8.90. The molecule has 1 nitrogen and oxygen atoms in total. The molecule has 90 valence electrons. The van der Waals surface area contributed by atoms with Gasteiger partial charge in [0.15, 0.2) is 0 Å². The van der Waals surface area contributed by atoms with Gasteiger partial charge in [-0.3, -0.25) is 4.79 Å². The molecule has 0 N–H and O–H groups in total. The Hall–Kier alpha value is -1.89. The molecule has 0 spiro atoms. The normalized spacial score (nSPS) is 16.0. The number of rotatable bonds is 2. The van der Waals surface area contributed by atoms with Gasteiger partial charge in [0.1, 0.15) is 6.29 Å². The van der Waals surface area contributed by atoms with E-state index in [4.69, 9.17) is 0 Å². The third-order valence-electron chi connectivity index (χ3n) is 3.77. The number of fused-ring (bicyclic) bond motifs is 1. The summed E-state index contributed by atoms with van der Waals surface area (Å²) in [6.45, 7) is 0. The minimum atomic E-state index is 0.933. The maximum atomic E-state index is 11.2. The smallest absolute Gasteiger partial charge is 0.146 e. The van der Waals surface area contributed by atoms with Gasteiger partial charge in [0, 0.05) is 0 Å². The molecule has 18 heavy (non-hydrogen) atoms. The molecule has 0 heterocycles. The van der Waals surface area contributed by atoms with Crippen LogP contribution in [0.4, 0.5) is 0 Å². The molecule has 0 fully saturated rings. The molecule has 0 saturated carbocycles. The molecule has 3 rings (SSSR count). The van der Waals surface area contributed by atoms with Gasteiger partial charge >= 0.3 is 0 Å². The molecular formula is C17H16O. The molecule has 0 atom stereocenters. The predicted octanol–water partition coefficient (Wildman–Crippen LogP) is 4.37.